The van der Waals surface area contributed by atoms with Gasteiger partial charge in [-0.05, 0) is 24.3 Å². The van der Waals surface area contributed by atoms with Crippen LogP contribution in [0, 0.1) is 0 Å². The van der Waals surface area contributed by atoms with Crippen molar-refractivity contribution in [1.82, 2.24) is 5.32 Å². The molecular weight excluding hydrogens is 425 g/mol. The lowest BCUT2D eigenvalue weighted by Crippen LogP contribution is -2.43. The SMILES string of the molecule is Cl.O=S(=O)(Nc1ccc(N2CCNCC2)c2ccccc12)c1ccc(Cl)s1. The molecule has 2 heterocycles. The fourth-order valence-corrected chi connectivity index (χ4v) is 5.75. The molecular formula is C18H19Cl2N3O2S2. The van der Waals surface area contributed by atoms with E-state index in [0.29, 0.717) is 10.0 Å². The summed E-state index contributed by atoms with van der Waals surface area (Å²) in [5.74, 6) is 0. The van der Waals surface area contributed by atoms with Crippen LogP contribution >= 0.6 is 35.3 Å². The molecule has 0 unspecified atom stereocenters. The largest absolute Gasteiger partial charge is 0.368 e. The summed E-state index contributed by atoms with van der Waals surface area (Å²) in [4.78, 5) is 2.33. The van der Waals surface area contributed by atoms with Gasteiger partial charge >= 0.3 is 0 Å². The Balaban J connectivity index is 0.00000210. The number of piperazine rings is 1. The predicted octanol–water partition coefficient (Wildman–Crippen LogP) is 4.19. The lowest BCUT2D eigenvalue weighted by Gasteiger charge is -2.30. The molecule has 1 fully saturated rings. The Morgan fingerprint density at radius 2 is 1.70 bits per heavy atom. The Bertz CT molecular complexity index is 1050. The summed E-state index contributed by atoms with van der Waals surface area (Å²) >= 11 is 6.93. The van der Waals surface area contributed by atoms with Crippen LogP contribution in [0.25, 0.3) is 10.8 Å². The van der Waals surface area contributed by atoms with Gasteiger partial charge in [-0.1, -0.05) is 35.9 Å². The molecule has 0 saturated carbocycles. The van der Waals surface area contributed by atoms with Crippen LogP contribution in [0.15, 0.2) is 52.7 Å². The highest BCUT2D eigenvalue weighted by Gasteiger charge is 2.20. The quantitative estimate of drug-likeness (QED) is 0.634. The maximum absolute atomic E-state index is 12.7. The number of benzene rings is 2. The number of anilines is 2. The zero-order valence-electron chi connectivity index (χ0n) is 14.3. The lowest BCUT2D eigenvalue weighted by atomic mass is 10.1. The molecule has 9 heteroatoms. The Morgan fingerprint density at radius 3 is 2.37 bits per heavy atom. The Kier molecular flexibility index (Phi) is 6.18. The zero-order chi connectivity index (χ0) is 18.1. The van der Waals surface area contributed by atoms with Crippen molar-refractivity contribution in [1.29, 1.82) is 0 Å². The van der Waals surface area contributed by atoms with Gasteiger partial charge in [0.15, 0.2) is 0 Å². The molecule has 144 valence electrons. The van der Waals surface area contributed by atoms with Gasteiger partial charge in [-0.3, -0.25) is 4.72 Å². The van der Waals surface area contributed by atoms with Gasteiger partial charge in [-0.15, -0.1) is 23.7 Å². The van der Waals surface area contributed by atoms with E-state index in [2.05, 4.69) is 14.9 Å². The average molecular weight is 444 g/mol. The van der Waals surface area contributed by atoms with Crippen molar-refractivity contribution in [3.63, 3.8) is 0 Å². The van der Waals surface area contributed by atoms with E-state index in [0.717, 1.165) is 54.0 Å². The highest BCUT2D eigenvalue weighted by Crippen LogP contribution is 2.34. The second kappa shape index (κ2) is 8.24. The number of hydrogen-bond acceptors (Lipinski definition) is 5. The summed E-state index contributed by atoms with van der Waals surface area (Å²) in [7, 11) is -3.66. The average Bonchev–Trinajstić information content (AvgIpc) is 3.10. The van der Waals surface area contributed by atoms with Crippen LogP contribution in [0.1, 0.15) is 0 Å². The standard InChI is InChI=1S/C18H18ClN3O2S2.ClH/c19-17-7-8-18(25-17)26(23,24)21-15-5-6-16(22-11-9-20-10-12-22)14-4-2-1-3-13(14)15;/h1-8,20-21H,9-12H2;1H. The van der Waals surface area contributed by atoms with Crippen LogP contribution in [0.3, 0.4) is 0 Å². The van der Waals surface area contributed by atoms with Gasteiger partial charge in [0.05, 0.1) is 10.0 Å². The van der Waals surface area contributed by atoms with Gasteiger partial charge in [0.25, 0.3) is 10.0 Å². The minimum absolute atomic E-state index is 0. The molecule has 0 spiro atoms. The minimum Gasteiger partial charge on any atom is -0.368 e. The van der Waals surface area contributed by atoms with Crippen LogP contribution in [-0.4, -0.2) is 34.6 Å². The summed E-state index contributed by atoms with van der Waals surface area (Å²) < 4.78 is 28.7. The molecule has 27 heavy (non-hydrogen) atoms. The van der Waals surface area contributed by atoms with Crippen molar-refractivity contribution in [2.75, 3.05) is 35.8 Å². The van der Waals surface area contributed by atoms with E-state index in [1.807, 2.05) is 36.4 Å². The number of nitrogens with one attached hydrogen (secondary N) is 2. The molecule has 1 aliphatic rings. The van der Waals surface area contributed by atoms with E-state index < -0.39 is 10.0 Å². The maximum atomic E-state index is 12.7. The van der Waals surface area contributed by atoms with Crippen LogP contribution in [0.4, 0.5) is 11.4 Å². The number of nitrogens with zero attached hydrogens (tertiary/aromatic N) is 1. The monoisotopic (exact) mass is 443 g/mol. The summed E-state index contributed by atoms with van der Waals surface area (Å²) in [6.07, 6.45) is 0. The summed E-state index contributed by atoms with van der Waals surface area (Å²) in [5.41, 5.74) is 1.70. The molecule has 1 aliphatic heterocycles. The van der Waals surface area contributed by atoms with Crippen molar-refractivity contribution >= 4 is 67.5 Å². The smallest absolute Gasteiger partial charge is 0.271 e. The molecule has 0 atom stereocenters. The predicted molar refractivity (Wildman–Crippen MR) is 116 cm³/mol. The normalized spacial score (nSPS) is 14.8. The summed E-state index contributed by atoms with van der Waals surface area (Å²) in [6, 6.07) is 14.8. The van der Waals surface area contributed by atoms with Crippen molar-refractivity contribution in [3.8, 4) is 0 Å². The fourth-order valence-electron chi connectivity index (χ4n) is 3.19. The van der Waals surface area contributed by atoms with E-state index in [9.17, 15) is 8.42 Å². The van der Waals surface area contributed by atoms with Crippen molar-refractivity contribution in [2.45, 2.75) is 4.21 Å². The van der Waals surface area contributed by atoms with Gasteiger partial charge in [0, 0.05) is 42.6 Å². The van der Waals surface area contributed by atoms with E-state index in [1.165, 1.54) is 6.07 Å². The highest BCUT2D eigenvalue weighted by molar-refractivity contribution is 7.94. The topological polar surface area (TPSA) is 61.4 Å². The van der Waals surface area contributed by atoms with E-state index in [1.54, 1.807) is 6.07 Å². The van der Waals surface area contributed by atoms with Gasteiger partial charge in [0.1, 0.15) is 4.21 Å². The molecule has 1 aromatic heterocycles. The first-order valence-corrected chi connectivity index (χ1v) is 11.0. The first-order valence-electron chi connectivity index (χ1n) is 8.30. The van der Waals surface area contributed by atoms with Gasteiger partial charge < -0.3 is 10.2 Å². The molecule has 3 aromatic rings. The second-order valence-electron chi connectivity index (χ2n) is 6.08. The first-order chi connectivity index (χ1) is 12.5. The maximum Gasteiger partial charge on any atom is 0.271 e. The summed E-state index contributed by atoms with van der Waals surface area (Å²) in [5, 5.41) is 5.28. The molecule has 5 nitrogen and oxygen atoms in total. The third kappa shape index (κ3) is 4.17. The Labute approximate surface area is 173 Å². The van der Waals surface area contributed by atoms with Gasteiger partial charge in [-0.25, -0.2) is 8.42 Å². The zero-order valence-corrected chi connectivity index (χ0v) is 17.5. The molecule has 2 N–H and O–H groups in total. The molecule has 0 amide bonds. The van der Waals surface area contributed by atoms with Crippen LogP contribution in [0.5, 0.6) is 0 Å². The first kappa shape index (κ1) is 20.2. The number of halogens is 2. The number of thiophene rings is 1. The van der Waals surface area contributed by atoms with Gasteiger partial charge in [0.2, 0.25) is 0 Å². The van der Waals surface area contributed by atoms with E-state index >= 15 is 0 Å². The van der Waals surface area contributed by atoms with Crippen LogP contribution in [-0.2, 0) is 10.0 Å². The number of sulfonamides is 1. The molecule has 4 rings (SSSR count). The van der Waals surface area contributed by atoms with Crippen molar-refractivity contribution in [3.05, 3.63) is 52.9 Å². The highest BCUT2D eigenvalue weighted by atomic mass is 35.5. The lowest BCUT2D eigenvalue weighted by molar-refractivity contribution is 0.590. The molecule has 0 aliphatic carbocycles. The van der Waals surface area contributed by atoms with E-state index in [4.69, 9.17) is 11.6 Å². The van der Waals surface area contributed by atoms with Crippen LogP contribution in [0.2, 0.25) is 4.34 Å². The number of fused-ring (bicyclic) bond motifs is 1. The third-order valence-electron chi connectivity index (χ3n) is 4.42. The molecule has 0 radical (unpaired) electrons. The second-order valence-corrected chi connectivity index (χ2v) is 9.70. The van der Waals surface area contributed by atoms with Crippen molar-refractivity contribution < 1.29 is 8.42 Å². The van der Waals surface area contributed by atoms with E-state index in [-0.39, 0.29) is 16.6 Å². The van der Waals surface area contributed by atoms with Crippen LogP contribution < -0.4 is 14.9 Å². The minimum atomic E-state index is -3.66. The Morgan fingerprint density at radius 1 is 1.00 bits per heavy atom. The molecule has 2 aromatic carbocycles. The van der Waals surface area contributed by atoms with Gasteiger partial charge in [-0.2, -0.15) is 0 Å². The Hall–Kier alpha value is -1.51. The molecule has 1 saturated heterocycles. The molecule has 0 bridgehead atoms. The number of rotatable bonds is 4. The number of hydrogen-bond donors (Lipinski definition) is 2. The fraction of sp³-hybridized carbons (Fsp3) is 0.222. The summed E-state index contributed by atoms with van der Waals surface area (Å²) in [6.45, 7) is 3.76. The third-order valence-corrected chi connectivity index (χ3v) is 7.50. The van der Waals surface area contributed by atoms with Crippen molar-refractivity contribution in [2.24, 2.45) is 0 Å².